The predicted octanol–water partition coefficient (Wildman–Crippen LogP) is 3.70. The van der Waals surface area contributed by atoms with E-state index in [0.717, 1.165) is 30.9 Å². The molecule has 0 radical (unpaired) electrons. The minimum Gasteiger partial charge on any atom is -0.335 e. The molecule has 1 amide bonds. The van der Waals surface area contributed by atoms with Crippen LogP contribution >= 0.6 is 0 Å². The Labute approximate surface area is 150 Å². The number of carbonyl (C=O) groups is 1. The average Bonchev–Trinajstić information content (AvgIpc) is 3.13. The van der Waals surface area contributed by atoms with Gasteiger partial charge in [0.15, 0.2) is 0 Å². The van der Waals surface area contributed by atoms with Gasteiger partial charge in [0.2, 0.25) is 0 Å². The van der Waals surface area contributed by atoms with Gasteiger partial charge < -0.3 is 9.80 Å². The lowest BCUT2D eigenvalue weighted by atomic mass is 10.0. The van der Waals surface area contributed by atoms with Crippen LogP contribution in [0.5, 0.6) is 0 Å². The first kappa shape index (κ1) is 17.6. The first-order valence-electron chi connectivity index (χ1n) is 8.99. The highest BCUT2D eigenvalue weighted by Crippen LogP contribution is 2.22. The van der Waals surface area contributed by atoms with Crippen LogP contribution < -0.4 is 0 Å². The van der Waals surface area contributed by atoms with Crippen molar-refractivity contribution in [1.29, 1.82) is 0 Å². The zero-order valence-corrected chi connectivity index (χ0v) is 15.4. The molecule has 0 N–H and O–H groups in total. The molecule has 1 fully saturated rings. The van der Waals surface area contributed by atoms with Gasteiger partial charge in [0.1, 0.15) is 0 Å². The normalized spacial score (nSPS) is 15.3. The highest BCUT2D eigenvalue weighted by atomic mass is 16.2. The minimum atomic E-state index is -0.211. The fourth-order valence-corrected chi connectivity index (χ4v) is 3.39. The molecule has 25 heavy (non-hydrogen) atoms. The van der Waals surface area contributed by atoms with Crippen molar-refractivity contribution in [3.63, 3.8) is 0 Å². The van der Waals surface area contributed by atoms with Crippen LogP contribution in [0.25, 0.3) is 11.3 Å². The second-order valence-electron chi connectivity index (χ2n) is 7.46. The molecule has 1 aromatic heterocycles. The third-order valence-corrected chi connectivity index (χ3v) is 5.10. The highest BCUT2D eigenvalue weighted by molar-refractivity contribution is 5.95. The SMILES string of the molecule is CN(C(=O)c1ccnc(-c2ccccc2)c1)C(C)(C)CN1CCCC1. The zero-order valence-electron chi connectivity index (χ0n) is 15.4. The molecule has 1 aliphatic heterocycles. The molecule has 1 aromatic carbocycles. The Hall–Kier alpha value is -2.20. The molecule has 0 bridgehead atoms. The van der Waals surface area contributed by atoms with Crippen LogP contribution in [0.1, 0.15) is 37.0 Å². The number of amides is 1. The van der Waals surface area contributed by atoms with Crippen LogP contribution in [-0.4, -0.2) is 52.9 Å². The van der Waals surface area contributed by atoms with E-state index in [4.69, 9.17) is 0 Å². The molecule has 1 aliphatic rings. The lowest BCUT2D eigenvalue weighted by Gasteiger charge is -2.38. The Kier molecular flexibility index (Phi) is 5.19. The Morgan fingerprint density at radius 1 is 1.16 bits per heavy atom. The Balaban J connectivity index is 1.77. The van der Waals surface area contributed by atoms with E-state index in [0.29, 0.717) is 5.56 Å². The summed E-state index contributed by atoms with van der Waals surface area (Å²) in [5, 5.41) is 0. The number of likely N-dealkylation sites (N-methyl/N-ethyl adjacent to an activating group) is 1. The number of aromatic nitrogens is 1. The molecule has 0 atom stereocenters. The second kappa shape index (κ2) is 7.36. The van der Waals surface area contributed by atoms with Crippen molar-refractivity contribution < 1.29 is 4.79 Å². The van der Waals surface area contributed by atoms with Gasteiger partial charge in [-0.1, -0.05) is 30.3 Å². The van der Waals surface area contributed by atoms with Crippen molar-refractivity contribution in [3.05, 3.63) is 54.2 Å². The summed E-state index contributed by atoms with van der Waals surface area (Å²) >= 11 is 0. The molecular weight excluding hydrogens is 310 g/mol. The summed E-state index contributed by atoms with van der Waals surface area (Å²) in [5.74, 6) is 0.0452. The minimum absolute atomic E-state index is 0.0452. The van der Waals surface area contributed by atoms with Gasteiger partial charge in [0.05, 0.1) is 5.69 Å². The molecule has 4 heteroatoms. The topological polar surface area (TPSA) is 36.4 Å². The van der Waals surface area contributed by atoms with Crippen LogP contribution in [0.4, 0.5) is 0 Å². The number of rotatable bonds is 5. The highest BCUT2D eigenvalue weighted by Gasteiger charge is 2.31. The molecule has 1 saturated heterocycles. The maximum Gasteiger partial charge on any atom is 0.254 e. The molecule has 0 aliphatic carbocycles. The average molecular weight is 337 g/mol. The van der Waals surface area contributed by atoms with E-state index in [1.807, 2.05) is 48.3 Å². The van der Waals surface area contributed by atoms with E-state index in [1.165, 1.54) is 12.8 Å². The summed E-state index contributed by atoms with van der Waals surface area (Å²) < 4.78 is 0. The Bertz CT molecular complexity index is 721. The zero-order chi connectivity index (χ0) is 17.9. The number of hydrogen-bond donors (Lipinski definition) is 0. The van der Waals surface area contributed by atoms with Crippen LogP contribution in [0.15, 0.2) is 48.7 Å². The van der Waals surface area contributed by atoms with Gasteiger partial charge >= 0.3 is 0 Å². The summed E-state index contributed by atoms with van der Waals surface area (Å²) in [4.78, 5) is 21.8. The molecule has 4 nitrogen and oxygen atoms in total. The third-order valence-electron chi connectivity index (χ3n) is 5.10. The van der Waals surface area contributed by atoms with E-state index in [-0.39, 0.29) is 11.4 Å². The molecule has 0 unspecified atom stereocenters. The van der Waals surface area contributed by atoms with Crippen LogP contribution in [-0.2, 0) is 0 Å². The number of hydrogen-bond acceptors (Lipinski definition) is 3. The van der Waals surface area contributed by atoms with Crippen molar-refractivity contribution in [2.75, 3.05) is 26.7 Å². The number of carbonyl (C=O) groups excluding carboxylic acids is 1. The fraction of sp³-hybridized carbons (Fsp3) is 0.429. The van der Waals surface area contributed by atoms with Crippen molar-refractivity contribution in [1.82, 2.24) is 14.8 Å². The number of likely N-dealkylation sites (tertiary alicyclic amines) is 1. The van der Waals surface area contributed by atoms with E-state index in [9.17, 15) is 4.79 Å². The summed E-state index contributed by atoms with van der Waals surface area (Å²) in [5.41, 5.74) is 2.33. The van der Waals surface area contributed by atoms with Crippen LogP contribution in [0.2, 0.25) is 0 Å². The van der Waals surface area contributed by atoms with Crippen molar-refractivity contribution in [2.45, 2.75) is 32.2 Å². The standard InChI is InChI=1S/C21H27N3O/c1-21(2,16-24-13-7-8-14-24)23(3)20(25)18-11-12-22-19(15-18)17-9-5-4-6-10-17/h4-6,9-12,15H,7-8,13-14,16H2,1-3H3. The monoisotopic (exact) mass is 337 g/mol. The van der Waals surface area contributed by atoms with Gasteiger partial charge in [0.25, 0.3) is 5.91 Å². The smallest absolute Gasteiger partial charge is 0.254 e. The van der Waals surface area contributed by atoms with Crippen molar-refractivity contribution >= 4 is 5.91 Å². The van der Waals surface area contributed by atoms with Gasteiger partial charge in [-0.2, -0.15) is 0 Å². The summed E-state index contributed by atoms with van der Waals surface area (Å²) in [6.07, 6.45) is 4.24. The quantitative estimate of drug-likeness (QED) is 0.835. The number of pyridine rings is 1. The second-order valence-corrected chi connectivity index (χ2v) is 7.46. The van der Waals surface area contributed by atoms with Gasteiger partial charge in [-0.25, -0.2) is 0 Å². The fourth-order valence-electron chi connectivity index (χ4n) is 3.39. The molecule has 2 heterocycles. The van der Waals surface area contributed by atoms with Gasteiger partial charge in [-0.3, -0.25) is 9.78 Å². The van der Waals surface area contributed by atoms with E-state index in [1.54, 1.807) is 12.3 Å². The maximum atomic E-state index is 13.0. The van der Waals surface area contributed by atoms with Gasteiger partial charge in [0, 0.05) is 36.5 Å². The first-order chi connectivity index (χ1) is 12.0. The van der Waals surface area contributed by atoms with Crippen LogP contribution in [0, 0.1) is 0 Å². The molecule has 2 aromatic rings. The molecule has 0 spiro atoms. The summed E-state index contributed by atoms with van der Waals surface area (Å²) in [7, 11) is 1.90. The molecule has 132 valence electrons. The molecule has 3 rings (SSSR count). The van der Waals surface area contributed by atoms with Crippen molar-refractivity contribution in [3.8, 4) is 11.3 Å². The predicted molar refractivity (Wildman–Crippen MR) is 102 cm³/mol. The number of benzene rings is 1. The van der Waals surface area contributed by atoms with E-state index < -0.39 is 0 Å². The summed E-state index contributed by atoms with van der Waals surface area (Å²) in [6.45, 7) is 7.47. The Morgan fingerprint density at radius 2 is 1.84 bits per heavy atom. The largest absolute Gasteiger partial charge is 0.335 e. The first-order valence-corrected chi connectivity index (χ1v) is 8.99. The van der Waals surface area contributed by atoms with E-state index >= 15 is 0 Å². The van der Waals surface area contributed by atoms with Crippen molar-refractivity contribution in [2.24, 2.45) is 0 Å². The summed E-state index contributed by atoms with van der Waals surface area (Å²) in [6, 6.07) is 13.7. The van der Waals surface area contributed by atoms with Crippen LogP contribution in [0.3, 0.4) is 0 Å². The van der Waals surface area contributed by atoms with E-state index in [2.05, 4.69) is 23.7 Å². The molecule has 0 saturated carbocycles. The van der Waals surface area contributed by atoms with Gasteiger partial charge in [-0.05, 0) is 51.9 Å². The maximum absolute atomic E-state index is 13.0. The Morgan fingerprint density at radius 3 is 2.52 bits per heavy atom. The number of nitrogens with zero attached hydrogens (tertiary/aromatic N) is 3. The molecular formula is C21H27N3O. The lowest BCUT2D eigenvalue weighted by molar-refractivity contribution is 0.0555. The lowest BCUT2D eigenvalue weighted by Crippen LogP contribution is -2.51. The van der Waals surface area contributed by atoms with Gasteiger partial charge in [-0.15, -0.1) is 0 Å². The third kappa shape index (κ3) is 4.07.